The first kappa shape index (κ1) is 12.3. The van der Waals surface area contributed by atoms with Gasteiger partial charge in [0.05, 0.1) is 0 Å². The van der Waals surface area contributed by atoms with Gasteiger partial charge in [0.15, 0.2) is 0 Å². The molecule has 2 heterocycles. The second kappa shape index (κ2) is 4.52. The van der Waals surface area contributed by atoms with Gasteiger partial charge < -0.3 is 9.97 Å². The van der Waals surface area contributed by atoms with E-state index in [9.17, 15) is 0 Å². The largest absolute Gasteiger partial charge is 0.358 e. The first-order valence-electron chi connectivity index (χ1n) is 7.36. The van der Waals surface area contributed by atoms with Gasteiger partial charge in [0.2, 0.25) is 0 Å². The second-order valence-electron chi connectivity index (χ2n) is 5.73. The molecule has 0 fully saturated rings. The zero-order chi connectivity index (χ0) is 14.4. The SMILES string of the molecule is Cc1[nH]c2ccccc2c1Cc1c(C)[nH]c2ccccc12. The van der Waals surface area contributed by atoms with Crippen molar-refractivity contribution in [3.05, 3.63) is 71.0 Å². The average molecular weight is 274 g/mol. The molecule has 0 bridgehead atoms. The van der Waals surface area contributed by atoms with E-state index in [0.29, 0.717) is 0 Å². The Kier molecular flexibility index (Phi) is 2.64. The first-order valence-corrected chi connectivity index (χ1v) is 7.36. The molecule has 0 aliphatic rings. The summed E-state index contributed by atoms with van der Waals surface area (Å²) in [6.45, 7) is 4.33. The van der Waals surface area contributed by atoms with Crippen LogP contribution < -0.4 is 0 Å². The Morgan fingerprint density at radius 2 is 1.10 bits per heavy atom. The molecule has 2 heteroatoms. The van der Waals surface area contributed by atoms with Gasteiger partial charge in [-0.2, -0.15) is 0 Å². The van der Waals surface area contributed by atoms with Gasteiger partial charge in [0, 0.05) is 39.6 Å². The van der Waals surface area contributed by atoms with E-state index in [4.69, 9.17) is 0 Å². The van der Waals surface area contributed by atoms with Gasteiger partial charge in [0.1, 0.15) is 0 Å². The zero-order valence-corrected chi connectivity index (χ0v) is 12.3. The van der Waals surface area contributed by atoms with Crippen LogP contribution in [0.1, 0.15) is 22.5 Å². The van der Waals surface area contributed by atoms with Gasteiger partial charge in [0.25, 0.3) is 0 Å². The summed E-state index contributed by atoms with van der Waals surface area (Å²) in [5.74, 6) is 0. The van der Waals surface area contributed by atoms with E-state index in [1.165, 1.54) is 44.3 Å². The minimum absolute atomic E-state index is 0.964. The summed E-state index contributed by atoms with van der Waals surface area (Å²) in [7, 11) is 0. The Bertz CT molecular complexity index is 863. The van der Waals surface area contributed by atoms with Crippen LogP contribution >= 0.6 is 0 Å². The number of hydrogen-bond donors (Lipinski definition) is 2. The lowest BCUT2D eigenvalue weighted by Gasteiger charge is -2.03. The molecule has 0 saturated heterocycles. The molecule has 104 valence electrons. The molecule has 0 radical (unpaired) electrons. The highest BCUT2D eigenvalue weighted by molar-refractivity contribution is 5.88. The fourth-order valence-corrected chi connectivity index (χ4v) is 3.30. The van der Waals surface area contributed by atoms with Crippen LogP contribution in [0.2, 0.25) is 0 Å². The Hall–Kier alpha value is -2.48. The number of hydrogen-bond acceptors (Lipinski definition) is 0. The maximum Gasteiger partial charge on any atom is 0.0458 e. The van der Waals surface area contributed by atoms with Crippen molar-refractivity contribution in [2.24, 2.45) is 0 Å². The fraction of sp³-hybridized carbons (Fsp3) is 0.158. The monoisotopic (exact) mass is 274 g/mol. The van der Waals surface area contributed by atoms with E-state index >= 15 is 0 Å². The van der Waals surface area contributed by atoms with E-state index in [1.54, 1.807) is 0 Å². The number of fused-ring (bicyclic) bond motifs is 2. The van der Waals surface area contributed by atoms with Gasteiger partial charge in [-0.3, -0.25) is 0 Å². The highest BCUT2D eigenvalue weighted by Gasteiger charge is 2.13. The molecule has 2 N–H and O–H groups in total. The van der Waals surface area contributed by atoms with Crippen molar-refractivity contribution in [2.45, 2.75) is 20.3 Å². The van der Waals surface area contributed by atoms with E-state index in [-0.39, 0.29) is 0 Å². The zero-order valence-electron chi connectivity index (χ0n) is 12.3. The Morgan fingerprint density at radius 1 is 0.667 bits per heavy atom. The van der Waals surface area contributed by atoms with Crippen molar-refractivity contribution in [3.8, 4) is 0 Å². The van der Waals surface area contributed by atoms with Crippen LogP contribution in [0.15, 0.2) is 48.5 Å². The molecule has 0 aliphatic carbocycles. The summed E-state index contributed by atoms with van der Waals surface area (Å²) in [6, 6.07) is 17.1. The molecule has 0 amide bonds. The minimum Gasteiger partial charge on any atom is -0.358 e. The van der Waals surface area contributed by atoms with Gasteiger partial charge in [-0.05, 0) is 37.1 Å². The molecule has 0 spiro atoms. The lowest BCUT2D eigenvalue weighted by atomic mass is 9.99. The third-order valence-corrected chi connectivity index (χ3v) is 4.41. The molecule has 2 aromatic carbocycles. The van der Waals surface area contributed by atoms with Crippen molar-refractivity contribution in [3.63, 3.8) is 0 Å². The molecule has 0 atom stereocenters. The van der Waals surface area contributed by atoms with Crippen molar-refractivity contribution in [1.29, 1.82) is 0 Å². The van der Waals surface area contributed by atoms with Crippen molar-refractivity contribution < 1.29 is 0 Å². The number of rotatable bonds is 2. The predicted octanol–water partition coefficient (Wildman–Crippen LogP) is 4.86. The first-order chi connectivity index (χ1) is 10.2. The van der Waals surface area contributed by atoms with Crippen LogP contribution in [-0.4, -0.2) is 9.97 Å². The second-order valence-corrected chi connectivity index (χ2v) is 5.73. The summed E-state index contributed by atoms with van der Waals surface area (Å²) in [4.78, 5) is 6.99. The number of H-pyrrole nitrogens is 2. The number of aromatic amines is 2. The topological polar surface area (TPSA) is 31.6 Å². The molecular formula is C19H18N2. The molecule has 0 saturated carbocycles. The molecule has 0 aliphatic heterocycles. The van der Waals surface area contributed by atoms with Gasteiger partial charge in [-0.25, -0.2) is 0 Å². The maximum absolute atomic E-state index is 3.50. The van der Waals surface area contributed by atoms with Gasteiger partial charge in [-0.1, -0.05) is 36.4 Å². The highest BCUT2D eigenvalue weighted by atomic mass is 14.7. The molecule has 4 aromatic rings. The summed E-state index contributed by atoms with van der Waals surface area (Å²) >= 11 is 0. The van der Waals surface area contributed by atoms with Crippen molar-refractivity contribution >= 4 is 21.8 Å². The van der Waals surface area contributed by atoms with Crippen molar-refractivity contribution in [1.82, 2.24) is 9.97 Å². The predicted molar refractivity (Wildman–Crippen MR) is 88.9 cm³/mol. The van der Waals surface area contributed by atoms with Crippen LogP contribution in [-0.2, 0) is 6.42 Å². The summed E-state index contributed by atoms with van der Waals surface area (Å²) in [6.07, 6.45) is 0.964. The van der Waals surface area contributed by atoms with E-state index < -0.39 is 0 Å². The third kappa shape index (κ3) is 1.87. The smallest absolute Gasteiger partial charge is 0.0458 e. The third-order valence-electron chi connectivity index (χ3n) is 4.41. The van der Waals surface area contributed by atoms with Crippen LogP contribution in [0.5, 0.6) is 0 Å². The molecule has 0 unspecified atom stereocenters. The molecule has 21 heavy (non-hydrogen) atoms. The summed E-state index contributed by atoms with van der Waals surface area (Å²) in [5, 5.41) is 2.67. The van der Waals surface area contributed by atoms with Crippen LogP contribution in [0.3, 0.4) is 0 Å². The minimum atomic E-state index is 0.964. The molecule has 4 rings (SSSR count). The van der Waals surface area contributed by atoms with Crippen LogP contribution in [0.4, 0.5) is 0 Å². The molecule has 2 nitrogen and oxygen atoms in total. The normalized spacial score (nSPS) is 11.5. The fourth-order valence-electron chi connectivity index (χ4n) is 3.30. The number of nitrogens with one attached hydrogen (secondary N) is 2. The maximum atomic E-state index is 3.50. The van der Waals surface area contributed by atoms with Crippen LogP contribution in [0.25, 0.3) is 21.8 Å². The Labute approximate surface area is 123 Å². The average Bonchev–Trinajstić information content (AvgIpc) is 2.97. The highest BCUT2D eigenvalue weighted by Crippen LogP contribution is 2.29. The quantitative estimate of drug-likeness (QED) is 0.523. The Balaban J connectivity index is 1.91. The number of para-hydroxylation sites is 2. The standard InChI is InChI=1S/C19H18N2/c1-12-16(14-7-3-5-9-18(14)20-12)11-17-13(2)21-19-10-6-4-8-15(17)19/h3-10,20-21H,11H2,1-2H3. The summed E-state index contributed by atoms with van der Waals surface area (Å²) in [5.41, 5.74) is 7.78. The number of aryl methyl sites for hydroxylation is 2. The number of aromatic nitrogens is 2. The van der Waals surface area contributed by atoms with Crippen LogP contribution in [0, 0.1) is 13.8 Å². The lowest BCUT2D eigenvalue weighted by molar-refractivity contribution is 1.12. The Morgan fingerprint density at radius 3 is 1.57 bits per heavy atom. The van der Waals surface area contributed by atoms with Gasteiger partial charge >= 0.3 is 0 Å². The number of benzene rings is 2. The molecule has 2 aromatic heterocycles. The van der Waals surface area contributed by atoms with E-state index in [0.717, 1.165) is 6.42 Å². The molecular weight excluding hydrogens is 256 g/mol. The lowest BCUT2D eigenvalue weighted by Crippen LogP contribution is -1.91. The van der Waals surface area contributed by atoms with E-state index in [1.807, 2.05) is 0 Å². The van der Waals surface area contributed by atoms with E-state index in [2.05, 4.69) is 72.3 Å². The van der Waals surface area contributed by atoms with Gasteiger partial charge in [-0.15, -0.1) is 0 Å². The summed E-state index contributed by atoms with van der Waals surface area (Å²) < 4.78 is 0. The van der Waals surface area contributed by atoms with Crippen molar-refractivity contribution in [2.75, 3.05) is 0 Å².